The summed E-state index contributed by atoms with van der Waals surface area (Å²) in [6, 6.07) is 8.20. The van der Waals surface area contributed by atoms with Gasteiger partial charge in [0.1, 0.15) is 5.82 Å². The molecule has 3 aromatic rings. The van der Waals surface area contributed by atoms with Crippen LogP contribution in [-0.4, -0.2) is 21.0 Å². The summed E-state index contributed by atoms with van der Waals surface area (Å²) in [7, 11) is 0. The number of urea groups is 1. The lowest BCUT2D eigenvalue weighted by Crippen LogP contribution is -2.19. The van der Waals surface area contributed by atoms with Crippen LogP contribution in [0.2, 0.25) is 5.02 Å². The van der Waals surface area contributed by atoms with E-state index in [0.717, 1.165) is 11.0 Å². The first kappa shape index (κ1) is 12.4. The molecule has 3 N–H and O–H groups in total. The van der Waals surface area contributed by atoms with Gasteiger partial charge in [-0.1, -0.05) is 11.6 Å². The first-order valence-electron chi connectivity index (χ1n) is 5.83. The van der Waals surface area contributed by atoms with Crippen LogP contribution < -0.4 is 10.6 Å². The topological polar surface area (TPSA) is 82.7 Å². The number of hydrogen-bond donors (Lipinski definition) is 3. The summed E-state index contributed by atoms with van der Waals surface area (Å²) < 4.78 is 0. The smallest absolute Gasteiger partial charge is 0.324 e. The largest absolute Gasteiger partial charge is 0.345 e. The number of halogens is 1. The van der Waals surface area contributed by atoms with E-state index in [4.69, 9.17) is 11.6 Å². The number of carbonyl (C=O) groups excluding carboxylic acids is 1. The predicted octanol–water partition coefficient (Wildman–Crippen LogP) is 3.26. The number of anilines is 2. The van der Waals surface area contributed by atoms with Gasteiger partial charge in [0, 0.05) is 16.9 Å². The number of fused-ring (bicyclic) bond motifs is 1. The Bertz CT molecular complexity index is 770. The second-order valence-electron chi connectivity index (χ2n) is 4.07. The van der Waals surface area contributed by atoms with Crippen molar-refractivity contribution < 1.29 is 4.79 Å². The highest BCUT2D eigenvalue weighted by molar-refractivity contribution is 6.30. The van der Waals surface area contributed by atoms with Crippen LogP contribution in [-0.2, 0) is 0 Å². The zero-order valence-corrected chi connectivity index (χ0v) is 11.0. The Hall–Kier alpha value is -2.60. The van der Waals surface area contributed by atoms with Crippen LogP contribution in [0.5, 0.6) is 0 Å². The molecular weight excluding hydrogens is 278 g/mol. The van der Waals surface area contributed by atoms with Crippen molar-refractivity contribution >= 4 is 40.2 Å². The number of nitrogens with one attached hydrogen (secondary N) is 3. The van der Waals surface area contributed by atoms with Gasteiger partial charge < -0.3 is 10.3 Å². The van der Waals surface area contributed by atoms with Crippen molar-refractivity contribution in [1.82, 2.24) is 15.0 Å². The van der Waals surface area contributed by atoms with E-state index >= 15 is 0 Å². The summed E-state index contributed by atoms with van der Waals surface area (Å²) in [4.78, 5) is 22.9. The molecule has 0 saturated heterocycles. The van der Waals surface area contributed by atoms with E-state index in [2.05, 4.69) is 25.6 Å². The SMILES string of the molecule is O=C(Nc1ccc2nc[nH]c2c1)Nc1cc(Cl)ccn1. The number of benzene rings is 1. The number of carbonyl (C=O) groups is 1. The number of nitrogens with zero attached hydrogens (tertiary/aromatic N) is 2. The van der Waals surface area contributed by atoms with Gasteiger partial charge in [-0.25, -0.2) is 14.8 Å². The molecule has 7 heteroatoms. The van der Waals surface area contributed by atoms with Crippen molar-refractivity contribution in [2.45, 2.75) is 0 Å². The van der Waals surface area contributed by atoms with Crippen molar-refractivity contribution in [3.05, 3.63) is 47.9 Å². The lowest BCUT2D eigenvalue weighted by atomic mass is 10.3. The first-order chi connectivity index (χ1) is 9.70. The average molecular weight is 288 g/mol. The molecule has 2 aromatic heterocycles. The molecule has 2 amide bonds. The molecule has 0 bridgehead atoms. The molecule has 0 saturated carbocycles. The Kier molecular flexibility index (Phi) is 3.22. The van der Waals surface area contributed by atoms with E-state index in [9.17, 15) is 4.79 Å². The minimum absolute atomic E-state index is 0.387. The highest BCUT2D eigenvalue weighted by Gasteiger charge is 2.05. The molecule has 0 aliphatic heterocycles. The van der Waals surface area contributed by atoms with E-state index in [1.54, 1.807) is 30.6 Å². The maximum atomic E-state index is 11.8. The highest BCUT2D eigenvalue weighted by Crippen LogP contribution is 2.16. The summed E-state index contributed by atoms with van der Waals surface area (Å²) >= 11 is 5.82. The number of amides is 2. The van der Waals surface area contributed by atoms with Crippen molar-refractivity contribution in [2.75, 3.05) is 10.6 Å². The van der Waals surface area contributed by atoms with Crippen LogP contribution in [0.3, 0.4) is 0 Å². The molecule has 0 fully saturated rings. The van der Waals surface area contributed by atoms with Crippen molar-refractivity contribution in [2.24, 2.45) is 0 Å². The van der Waals surface area contributed by atoms with Crippen LogP contribution in [0.15, 0.2) is 42.9 Å². The minimum atomic E-state index is -0.390. The first-order valence-corrected chi connectivity index (χ1v) is 6.21. The van der Waals surface area contributed by atoms with Crippen molar-refractivity contribution in [3.8, 4) is 0 Å². The van der Waals surface area contributed by atoms with Crippen molar-refractivity contribution in [1.29, 1.82) is 0 Å². The summed E-state index contributed by atoms with van der Waals surface area (Å²) in [6.07, 6.45) is 3.12. The van der Waals surface area contributed by atoms with Gasteiger partial charge in [0.15, 0.2) is 0 Å². The molecule has 3 rings (SSSR count). The molecule has 6 nitrogen and oxygen atoms in total. The lowest BCUT2D eigenvalue weighted by molar-refractivity contribution is 0.262. The van der Waals surface area contributed by atoms with E-state index in [1.807, 2.05) is 6.07 Å². The zero-order chi connectivity index (χ0) is 13.9. The molecular formula is C13H10ClN5O. The molecule has 20 heavy (non-hydrogen) atoms. The van der Waals surface area contributed by atoms with Crippen LogP contribution >= 0.6 is 11.6 Å². The summed E-state index contributed by atoms with van der Waals surface area (Å²) in [6.45, 7) is 0. The van der Waals surface area contributed by atoms with Gasteiger partial charge in [0.2, 0.25) is 0 Å². The lowest BCUT2D eigenvalue weighted by Gasteiger charge is -2.07. The third kappa shape index (κ3) is 2.70. The third-order valence-corrected chi connectivity index (χ3v) is 2.88. The molecule has 0 spiro atoms. The average Bonchev–Trinajstić information content (AvgIpc) is 2.86. The maximum Gasteiger partial charge on any atom is 0.324 e. The van der Waals surface area contributed by atoms with Gasteiger partial charge in [-0.3, -0.25) is 5.32 Å². The summed E-state index contributed by atoms with van der Waals surface area (Å²) in [5, 5.41) is 5.82. The van der Waals surface area contributed by atoms with E-state index in [1.165, 1.54) is 6.20 Å². The number of pyridine rings is 1. The highest BCUT2D eigenvalue weighted by atomic mass is 35.5. The Morgan fingerprint density at radius 1 is 1.15 bits per heavy atom. The number of aromatic nitrogens is 3. The monoisotopic (exact) mass is 287 g/mol. The van der Waals surface area contributed by atoms with E-state index < -0.39 is 6.03 Å². The summed E-state index contributed by atoms with van der Waals surface area (Å²) in [5.41, 5.74) is 2.34. The van der Waals surface area contributed by atoms with Gasteiger partial charge in [-0.05, 0) is 30.3 Å². The molecule has 1 aromatic carbocycles. The van der Waals surface area contributed by atoms with E-state index in [-0.39, 0.29) is 0 Å². The summed E-state index contributed by atoms with van der Waals surface area (Å²) in [5.74, 6) is 0.387. The Labute approximate surface area is 119 Å². The normalized spacial score (nSPS) is 10.4. The van der Waals surface area contributed by atoms with Gasteiger partial charge in [-0.15, -0.1) is 0 Å². The number of hydrogen-bond acceptors (Lipinski definition) is 3. The number of H-pyrrole nitrogens is 1. The van der Waals surface area contributed by atoms with Gasteiger partial charge in [0.25, 0.3) is 0 Å². The fourth-order valence-electron chi connectivity index (χ4n) is 1.77. The van der Waals surface area contributed by atoms with Crippen LogP contribution in [0.1, 0.15) is 0 Å². The standard InChI is InChI=1S/C13H10ClN5O/c14-8-3-4-15-12(5-8)19-13(20)18-9-1-2-10-11(6-9)17-7-16-10/h1-7H,(H,16,17)(H2,15,18,19,20). The quantitative estimate of drug-likeness (QED) is 0.676. The molecule has 0 unspecified atom stereocenters. The molecule has 0 aliphatic rings. The van der Waals surface area contributed by atoms with Crippen molar-refractivity contribution in [3.63, 3.8) is 0 Å². The van der Waals surface area contributed by atoms with Crippen LogP contribution in [0.4, 0.5) is 16.3 Å². The van der Waals surface area contributed by atoms with Gasteiger partial charge >= 0.3 is 6.03 Å². The van der Waals surface area contributed by atoms with Gasteiger partial charge in [0.05, 0.1) is 17.4 Å². The Balaban J connectivity index is 1.72. The van der Waals surface area contributed by atoms with E-state index in [0.29, 0.717) is 16.5 Å². The van der Waals surface area contributed by atoms with Gasteiger partial charge in [-0.2, -0.15) is 0 Å². The molecule has 100 valence electrons. The Morgan fingerprint density at radius 3 is 2.90 bits per heavy atom. The fourth-order valence-corrected chi connectivity index (χ4v) is 1.92. The fraction of sp³-hybridized carbons (Fsp3) is 0. The molecule has 0 aliphatic carbocycles. The Morgan fingerprint density at radius 2 is 2.05 bits per heavy atom. The predicted molar refractivity (Wildman–Crippen MR) is 78.0 cm³/mol. The molecule has 2 heterocycles. The van der Waals surface area contributed by atoms with Crippen LogP contribution in [0.25, 0.3) is 11.0 Å². The number of rotatable bonds is 2. The molecule has 0 radical (unpaired) electrons. The number of aromatic amines is 1. The molecule has 0 atom stereocenters. The number of imidazole rings is 1. The second-order valence-corrected chi connectivity index (χ2v) is 4.51. The third-order valence-electron chi connectivity index (χ3n) is 2.64. The zero-order valence-electron chi connectivity index (χ0n) is 10.2. The minimum Gasteiger partial charge on any atom is -0.345 e. The maximum absolute atomic E-state index is 11.8. The van der Waals surface area contributed by atoms with Crippen LogP contribution in [0, 0.1) is 0 Å². The second kappa shape index (κ2) is 5.18.